The Morgan fingerprint density at radius 3 is 2.39 bits per heavy atom. The highest BCUT2D eigenvalue weighted by Gasteiger charge is 2.25. The van der Waals surface area contributed by atoms with Gasteiger partial charge in [0.25, 0.3) is 0 Å². The van der Waals surface area contributed by atoms with Crippen LogP contribution >= 0.6 is 0 Å². The van der Waals surface area contributed by atoms with Crippen molar-refractivity contribution in [3.8, 4) is 11.5 Å². The Bertz CT molecular complexity index is 664. The molecule has 0 spiro atoms. The molecule has 0 unspecified atom stereocenters. The van der Waals surface area contributed by atoms with Crippen LogP contribution in [0.4, 0.5) is 5.69 Å². The first kappa shape index (κ1) is 16.3. The molecule has 1 aromatic carbocycles. The van der Waals surface area contributed by atoms with Crippen molar-refractivity contribution < 1.29 is 24.3 Å². The van der Waals surface area contributed by atoms with Crippen molar-refractivity contribution in [2.45, 2.75) is 20.1 Å². The number of aromatic carboxylic acids is 1. The van der Waals surface area contributed by atoms with Gasteiger partial charge in [0.05, 0.1) is 11.5 Å². The Kier molecular flexibility index (Phi) is 5.13. The van der Waals surface area contributed by atoms with Crippen LogP contribution in [0.2, 0.25) is 0 Å². The summed E-state index contributed by atoms with van der Waals surface area (Å²) in [6.45, 7) is 2.48. The molecule has 1 aromatic heterocycles. The smallest absolute Gasteiger partial charge is 0.363 e. The average molecular weight is 321 g/mol. The largest absolute Gasteiger partial charge is 0.494 e. The first-order valence-electron chi connectivity index (χ1n) is 6.82. The third-order valence-corrected chi connectivity index (χ3v) is 2.80. The number of carbonyl (C=O) groups is 1. The van der Waals surface area contributed by atoms with E-state index in [0.29, 0.717) is 18.1 Å². The van der Waals surface area contributed by atoms with Gasteiger partial charge in [-0.05, 0) is 30.7 Å². The Morgan fingerprint density at radius 1 is 1.30 bits per heavy atom. The van der Waals surface area contributed by atoms with E-state index in [0.717, 1.165) is 17.3 Å². The summed E-state index contributed by atoms with van der Waals surface area (Å²) in [6, 6.07) is 6.83. The Morgan fingerprint density at radius 2 is 1.91 bits per heavy atom. The minimum Gasteiger partial charge on any atom is -0.494 e. The second-order valence-electron chi connectivity index (χ2n) is 4.56. The van der Waals surface area contributed by atoms with E-state index < -0.39 is 22.3 Å². The van der Waals surface area contributed by atoms with Crippen LogP contribution in [-0.4, -0.2) is 32.4 Å². The van der Waals surface area contributed by atoms with Gasteiger partial charge < -0.3 is 14.6 Å². The third-order valence-electron chi connectivity index (χ3n) is 2.80. The van der Waals surface area contributed by atoms with E-state index >= 15 is 0 Å². The van der Waals surface area contributed by atoms with Crippen molar-refractivity contribution >= 4 is 11.7 Å². The molecule has 122 valence electrons. The highest BCUT2D eigenvalue weighted by molar-refractivity contribution is 5.89. The van der Waals surface area contributed by atoms with Gasteiger partial charge in [-0.2, -0.15) is 5.10 Å². The molecule has 23 heavy (non-hydrogen) atoms. The highest BCUT2D eigenvalue weighted by atomic mass is 16.6. The summed E-state index contributed by atoms with van der Waals surface area (Å²) in [5.74, 6) is -0.251. The maximum atomic E-state index is 10.9. The maximum Gasteiger partial charge on any atom is 0.363 e. The molecule has 0 saturated carbocycles. The molecule has 0 aliphatic rings. The van der Waals surface area contributed by atoms with Crippen molar-refractivity contribution in [1.82, 2.24) is 9.78 Å². The van der Waals surface area contributed by atoms with Crippen LogP contribution in [0.5, 0.6) is 11.5 Å². The van der Waals surface area contributed by atoms with E-state index in [9.17, 15) is 14.9 Å². The van der Waals surface area contributed by atoms with Crippen LogP contribution in [0, 0.1) is 10.1 Å². The van der Waals surface area contributed by atoms with E-state index in [2.05, 4.69) is 5.10 Å². The number of rotatable bonds is 8. The van der Waals surface area contributed by atoms with Crippen molar-refractivity contribution in [3.05, 3.63) is 46.3 Å². The molecule has 0 aliphatic heterocycles. The summed E-state index contributed by atoms with van der Waals surface area (Å²) in [7, 11) is 0. The Labute approximate surface area is 131 Å². The Hall–Kier alpha value is -3.10. The zero-order valence-corrected chi connectivity index (χ0v) is 12.3. The molecule has 0 bridgehead atoms. The van der Waals surface area contributed by atoms with Crippen molar-refractivity contribution in [3.63, 3.8) is 0 Å². The topological polar surface area (TPSA) is 117 Å². The van der Waals surface area contributed by atoms with E-state index in [1.165, 1.54) is 0 Å². The van der Waals surface area contributed by atoms with Crippen molar-refractivity contribution in [1.29, 1.82) is 0 Å². The summed E-state index contributed by atoms with van der Waals surface area (Å²) >= 11 is 0. The molecule has 0 aliphatic carbocycles. The van der Waals surface area contributed by atoms with Crippen LogP contribution in [0.15, 0.2) is 30.5 Å². The number of ether oxygens (including phenoxy) is 2. The number of nitro groups is 1. The van der Waals surface area contributed by atoms with Crippen molar-refractivity contribution in [2.24, 2.45) is 0 Å². The molecule has 9 nitrogen and oxygen atoms in total. The lowest BCUT2D eigenvalue weighted by Crippen LogP contribution is -2.07. The molecule has 1 N–H and O–H groups in total. The summed E-state index contributed by atoms with van der Waals surface area (Å²) in [6.07, 6.45) is 1.92. The minimum atomic E-state index is -1.46. The van der Waals surface area contributed by atoms with Gasteiger partial charge in [0.15, 0.2) is 6.73 Å². The number of hydrogen-bond donors (Lipinski definition) is 1. The molecule has 0 atom stereocenters. The fourth-order valence-corrected chi connectivity index (χ4v) is 1.76. The number of aromatic nitrogens is 2. The van der Waals surface area contributed by atoms with Crippen LogP contribution in [-0.2, 0) is 6.73 Å². The zero-order chi connectivity index (χ0) is 16.8. The predicted molar refractivity (Wildman–Crippen MR) is 78.7 cm³/mol. The fourth-order valence-electron chi connectivity index (χ4n) is 1.76. The summed E-state index contributed by atoms with van der Waals surface area (Å²) in [4.78, 5) is 20.9. The van der Waals surface area contributed by atoms with Gasteiger partial charge in [0.1, 0.15) is 17.7 Å². The van der Waals surface area contributed by atoms with Crippen molar-refractivity contribution in [2.75, 3.05) is 6.61 Å². The molecular weight excluding hydrogens is 306 g/mol. The molecule has 2 aromatic rings. The van der Waals surface area contributed by atoms with Gasteiger partial charge in [-0.1, -0.05) is 6.92 Å². The fraction of sp³-hybridized carbons (Fsp3) is 0.286. The maximum absolute atomic E-state index is 10.9. The lowest BCUT2D eigenvalue weighted by Gasteiger charge is -2.07. The van der Waals surface area contributed by atoms with Gasteiger partial charge in [-0.15, -0.1) is 0 Å². The molecule has 0 amide bonds. The number of hydrogen-bond acceptors (Lipinski definition) is 6. The van der Waals surface area contributed by atoms with Gasteiger partial charge in [-0.25, -0.2) is 9.48 Å². The molecule has 0 radical (unpaired) electrons. The summed E-state index contributed by atoms with van der Waals surface area (Å²) in [5, 5.41) is 23.3. The van der Waals surface area contributed by atoms with E-state index in [1.54, 1.807) is 24.3 Å². The van der Waals surface area contributed by atoms with Gasteiger partial charge >= 0.3 is 11.7 Å². The predicted octanol–water partition coefficient (Wildman–Crippen LogP) is 2.31. The minimum absolute atomic E-state index is 0.150. The normalized spacial score (nSPS) is 10.3. The van der Waals surface area contributed by atoms with Crippen LogP contribution in [0.25, 0.3) is 0 Å². The third kappa shape index (κ3) is 4.19. The van der Waals surface area contributed by atoms with Crippen LogP contribution in [0.1, 0.15) is 23.8 Å². The second kappa shape index (κ2) is 7.25. The first-order valence-corrected chi connectivity index (χ1v) is 6.82. The van der Waals surface area contributed by atoms with E-state index in [4.69, 9.17) is 14.6 Å². The zero-order valence-electron chi connectivity index (χ0n) is 12.3. The van der Waals surface area contributed by atoms with Gasteiger partial charge in [0.2, 0.25) is 5.69 Å². The lowest BCUT2D eigenvalue weighted by atomic mass is 10.3. The SMILES string of the molecule is CCCOc1ccc(OCn2cc([N+](=O)[O-])c(C(=O)O)n2)cc1. The molecule has 1 heterocycles. The summed E-state index contributed by atoms with van der Waals surface area (Å²) < 4.78 is 11.9. The number of nitrogens with zero attached hydrogens (tertiary/aromatic N) is 3. The standard InChI is InChI=1S/C14H15N3O6/c1-2-7-22-10-3-5-11(6-4-10)23-9-16-8-12(17(20)21)13(15-16)14(18)19/h3-6,8H,2,7,9H2,1H3,(H,18,19). The van der Waals surface area contributed by atoms with Gasteiger partial charge in [0, 0.05) is 0 Å². The monoisotopic (exact) mass is 321 g/mol. The Balaban J connectivity index is 2.02. The molecule has 9 heteroatoms. The molecule has 2 rings (SSSR count). The van der Waals surface area contributed by atoms with Crippen LogP contribution in [0.3, 0.4) is 0 Å². The molecule has 0 fully saturated rings. The average Bonchev–Trinajstić information content (AvgIpc) is 2.97. The number of carboxylic acids is 1. The van der Waals surface area contributed by atoms with E-state index in [1.807, 2.05) is 6.92 Å². The molecular formula is C14H15N3O6. The van der Waals surface area contributed by atoms with Crippen LogP contribution < -0.4 is 9.47 Å². The number of carboxylic acid groups (broad SMARTS) is 1. The van der Waals surface area contributed by atoms with Gasteiger partial charge in [-0.3, -0.25) is 10.1 Å². The highest BCUT2D eigenvalue weighted by Crippen LogP contribution is 2.19. The summed E-state index contributed by atoms with van der Waals surface area (Å²) in [5.41, 5.74) is -1.20. The first-order chi connectivity index (χ1) is 11.0. The molecule has 0 saturated heterocycles. The van der Waals surface area contributed by atoms with E-state index in [-0.39, 0.29) is 6.73 Å². The quantitative estimate of drug-likeness (QED) is 0.585. The second-order valence-corrected chi connectivity index (χ2v) is 4.56. The number of benzene rings is 1. The lowest BCUT2D eigenvalue weighted by molar-refractivity contribution is -0.385.